The van der Waals surface area contributed by atoms with Crippen molar-refractivity contribution in [1.82, 2.24) is 15.5 Å². The maximum Gasteiger partial charge on any atom is 0.277 e. The lowest BCUT2D eigenvalue weighted by molar-refractivity contribution is -0.119. The second-order valence-electron chi connectivity index (χ2n) is 8.31. The number of carbonyl (C=O) groups is 1. The molecule has 0 aliphatic heterocycles. The number of thioether (sulfide) groups is 1. The Morgan fingerprint density at radius 3 is 2.40 bits per heavy atom. The Labute approximate surface area is 182 Å². The third-order valence-electron chi connectivity index (χ3n) is 4.85. The van der Waals surface area contributed by atoms with Crippen molar-refractivity contribution in [2.45, 2.75) is 57.2 Å². The standard InChI is InChI=1S/C24H29N3O2S/c1-5-9-20(17-10-7-6-8-11-17)25-21(28)16-30-23-27-26-22(29-23)18-12-14-19(15-13-18)24(2,3)4/h6-8,10-15,20H,5,9,16H2,1-4H3,(H,25,28). The van der Waals surface area contributed by atoms with Gasteiger partial charge in [-0.05, 0) is 35.1 Å². The van der Waals surface area contributed by atoms with Gasteiger partial charge in [0.05, 0.1) is 11.8 Å². The van der Waals surface area contributed by atoms with Gasteiger partial charge in [0.1, 0.15) is 0 Å². The second-order valence-corrected chi connectivity index (χ2v) is 9.24. The summed E-state index contributed by atoms with van der Waals surface area (Å²) >= 11 is 1.25. The Kier molecular flexibility index (Phi) is 7.32. The normalized spacial score (nSPS) is 12.5. The van der Waals surface area contributed by atoms with E-state index in [9.17, 15) is 4.79 Å². The van der Waals surface area contributed by atoms with Crippen LogP contribution in [0.4, 0.5) is 0 Å². The Hall–Kier alpha value is -2.60. The first-order chi connectivity index (χ1) is 14.4. The van der Waals surface area contributed by atoms with Gasteiger partial charge in [0.2, 0.25) is 11.8 Å². The molecule has 5 nitrogen and oxygen atoms in total. The van der Waals surface area contributed by atoms with Crippen molar-refractivity contribution >= 4 is 17.7 Å². The van der Waals surface area contributed by atoms with Gasteiger partial charge < -0.3 is 9.73 Å². The minimum absolute atomic E-state index is 0.0175. The molecule has 0 aliphatic carbocycles. The topological polar surface area (TPSA) is 68.0 Å². The fraction of sp³-hybridized carbons (Fsp3) is 0.375. The van der Waals surface area contributed by atoms with Gasteiger partial charge in [0.25, 0.3) is 5.22 Å². The summed E-state index contributed by atoms with van der Waals surface area (Å²) < 4.78 is 5.74. The molecule has 6 heteroatoms. The van der Waals surface area contributed by atoms with E-state index in [1.165, 1.54) is 17.3 Å². The number of hydrogen-bond donors (Lipinski definition) is 1. The SMILES string of the molecule is CCCC(NC(=O)CSc1nnc(-c2ccc(C(C)(C)C)cc2)o1)c1ccccc1. The van der Waals surface area contributed by atoms with Crippen LogP contribution in [0.15, 0.2) is 64.2 Å². The molecule has 0 bridgehead atoms. The maximum atomic E-state index is 12.5. The summed E-state index contributed by atoms with van der Waals surface area (Å²) in [5, 5.41) is 11.7. The first-order valence-corrected chi connectivity index (χ1v) is 11.3. The smallest absolute Gasteiger partial charge is 0.277 e. The van der Waals surface area contributed by atoms with Crippen LogP contribution in [-0.4, -0.2) is 21.9 Å². The number of nitrogens with zero attached hydrogens (tertiary/aromatic N) is 2. The largest absolute Gasteiger partial charge is 0.411 e. The summed E-state index contributed by atoms with van der Waals surface area (Å²) in [5.41, 5.74) is 3.34. The van der Waals surface area contributed by atoms with E-state index < -0.39 is 0 Å². The van der Waals surface area contributed by atoms with Gasteiger partial charge in [-0.2, -0.15) is 0 Å². The van der Waals surface area contributed by atoms with Gasteiger partial charge in [0.15, 0.2) is 0 Å². The molecule has 1 heterocycles. The van der Waals surface area contributed by atoms with E-state index >= 15 is 0 Å². The Morgan fingerprint density at radius 1 is 1.07 bits per heavy atom. The summed E-state index contributed by atoms with van der Waals surface area (Å²) in [5.74, 6) is 0.653. The van der Waals surface area contributed by atoms with Crippen LogP contribution in [0.1, 0.15) is 57.7 Å². The van der Waals surface area contributed by atoms with E-state index in [0.717, 1.165) is 24.0 Å². The van der Waals surface area contributed by atoms with Gasteiger partial charge >= 0.3 is 0 Å². The monoisotopic (exact) mass is 423 g/mol. The van der Waals surface area contributed by atoms with Crippen molar-refractivity contribution in [2.24, 2.45) is 0 Å². The summed E-state index contributed by atoms with van der Waals surface area (Å²) in [6, 6.07) is 18.2. The molecule has 158 valence electrons. The summed E-state index contributed by atoms with van der Waals surface area (Å²) in [6.45, 7) is 8.65. The van der Waals surface area contributed by atoms with E-state index in [-0.39, 0.29) is 23.1 Å². The van der Waals surface area contributed by atoms with Crippen molar-refractivity contribution in [3.05, 3.63) is 65.7 Å². The minimum Gasteiger partial charge on any atom is -0.411 e. The second kappa shape index (κ2) is 9.94. The Morgan fingerprint density at radius 2 is 1.77 bits per heavy atom. The first-order valence-electron chi connectivity index (χ1n) is 10.3. The Bertz CT molecular complexity index is 947. The summed E-state index contributed by atoms with van der Waals surface area (Å²) in [4.78, 5) is 12.5. The molecule has 0 spiro atoms. The van der Waals surface area contributed by atoms with Gasteiger partial charge in [-0.1, -0.05) is 88.3 Å². The van der Waals surface area contributed by atoms with Crippen LogP contribution in [0.3, 0.4) is 0 Å². The lowest BCUT2D eigenvalue weighted by Crippen LogP contribution is -2.29. The number of amides is 1. The van der Waals surface area contributed by atoms with Crippen LogP contribution in [0.2, 0.25) is 0 Å². The quantitative estimate of drug-likeness (QED) is 0.465. The molecule has 1 N–H and O–H groups in total. The lowest BCUT2D eigenvalue weighted by Gasteiger charge is -2.18. The average Bonchev–Trinajstić information content (AvgIpc) is 3.21. The predicted octanol–water partition coefficient (Wildman–Crippen LogP) is 5.78. The van der Waals surface area contributed by atoms with Crippen molar-refractivity contribution in [3.63, 3.8) is 0 Å². The Balaban J connectivity index is 1.57. The molecule has 0 radical (unpaired) electrons. The summed E-state index contributed by atoms with van der Waals surface area (Å²) in [6.07, 6.45) is 1.89. The molecule has 1 aromatic heterocycles. The molecule has 2 aromatic carbocycles. The number of aromatic nitrogens is 2. The van der Waals surface area contributed by atoms with E-state index in [1.807, 2.05) is 42.5 Å². The third kappa shape index (κ3) is 5.95. The minimum atomic E-state index is -0.0448. The third-order valence-corrected chi connectivity index (χ3v) is 5.66. The molecule has 0 saturated heterocycles. The highest BCUT2D eigenvalue weighted by molar-refractivity contribution is 7.99. The molecular formula is C24H29N3O2S. The number of hydrogen-bond acceptors (Lipinski definition) is 5. The fourth-order valence-electron chi connectivity index (χ4n) is 3.16. The molecule has 30 heavy (non-hydrogen) atoms. The zero-order chi connectivity index (χ0) is 21.6. The molecule has 0 saturated carbocycles. The molecule has 3 aromatic rings. The highest BCUT2D eigenvalue weighted by atomic mass is 32.2. The van der Waals surface area contributed by atoms with Crippen molar-refractivity contribution < 1.29 is 9.21 Å². The summed E-state index contributed by atoms with van der Waals surface area (Å²) in [7, 11) is 0. The van der Waals surface area contributed by atoms with Crippen molar-refractivity contribution in [1.29, 1.82) is 0 Å². The van der Waals surface area contributed by atoms with E-state index in [4.69, 9.17) is 4.42 Å². The van der Waals surface area contributed by atoms with E-state index in [1.54, 1.807) is 0 Å². The lowest BCUT2D eigenvalue weighted by atomic mass is 9.87. The molecule has 0 aliphatic rings. The van der Waals surface area contributed by atoms with E-state index in [0.29, 0.717) is 11.1 Å². The van der Waals surface area contributed by atoms with Crippen molar-refractivity contribution in [3.8, 4) is 11.5 Å². The van der Waals surface area contributed by atoms with Crippen LogP contribution in [-0.2, 0) is 10.2 Å². The van der Waals surface area contributed by atoms with Gasteiger partial charge in [0, 0.05) is 5.56 Å². The molecule has 3 rings (SSSR count). The molecule has 1 amide bonds. The van der Waals surface area contributed by atoms with Gasteiger partial charge in [-0.15, -0.1) is 10.2 Å². The van der Waals surface area contributed by atoms with Crippen LogP contribution in [0, 0.1) is 0 Å². The number of benzene rings is 2. The van der Waals surface area contributed by atoms with Crippen molar-refractivity contribution in [2.75, 3.05) is 5.75 Å². The predicted molar refractivity (Wildman–Crippen MR) is 121 cm³/mol. The number of nitrogens with one attached hydrogen (secondary N) is 1. The molecule has 0 fully saturated rings. The van der Waals surface area contributed by atoms with Crippen LogP contribution >= 0.6 is 11.8 Å². The van der Waals surface area contributed by atoms with Gasteiger partial charge in [-0.25, -0.2) is 0 Å². The maximum absolute atomic E-state index is 12.5. The van der Waals surface area contributed by atoms with Gasteiger partial charge in [-0.3, -0.25) is 4.79 Å². The molecular weight excluding hydrogens is 394 g/mol. The zero-order valence-electron chi connectivity index (χ0n) is 18.0. The molecule has 1 atom stereocenters. The number of carbonyl (C=O) groups excluding carboxylic acids is 1. The van der Waals surface area contributed by atoms with Crippen LogP contribution in [0.5, 0.6) is 0 Å². The highest BCUT2D eigenvalue weighted by Crippen LogP contribution is 2.27. The first kappa shape index (κ1) is 22.1. The molecule has 1 unspecified atom stereocenters. The fourth-order valence-corrected chi connectivity index (χ4v) is 3.73. The van der Waals surface area contributed by atoms with Crippen LogP contribution in [0.25, 0.3) is 11.5 Å². The zero-order valence-corrected chi connectivity index (χ0v) is 18.8. The average molecular weight is 424 g/mol. The van der Waals surface area contributed by atoms with Crippen LogP contribution < -0.4 is 5.32 Å². The highest BCUT2D eigenvalue weighted by Gasteiger charge is 2.17. The number of rotatable bonds is 8. The van der Waals surface area contributed by atoms with E-state index in [2.05, 4.69) is 55.3 Å².